The molecule has 1 aliphatic rings. The van der Waals surface area contributed by atoms with Crippen LogP contribution in [0.4, 0.5) is 0 Å². The Morgan fingerprint density at radius 1 is 1.27 bits per heavy atom. The molecule has 1 fully saturated rings. The Kier molecular flexibility index (Phi) is 6.03. The minimum Gasteiger partial charge on any atom is -0.374 e. The zero-order valence-corrected chi connectivity index (χ0v) is 15.6. The van der Waals surface area contributed by atoms with Gasteiger partial charge in [-0.3, -0.25) is 9.59 Å². The fourth-order valence-electron chi connectivity index (χ4n) is 2.96. The molecular weight excluding hydrogens is 350 g/mol. The Bertz CT molecular complexity index is 771. The van der Waals surface area contributed by atoms with Crippen LogP contribution in [0.5, 0.6) is 0 Å². The molecule has 7 heteroatoms. The van der Waals surface area contributed by atoms with E-state index in [0.29, 0.717) is 36.7 Å². The van der Waals surface area contributed by atoms with Gasteiger partial charge in [0.15, 0.2) is 0 Å². The summed E-state index contributed by atoms with van der Waals surface area (Å²) >= 11 is 1.43. The Morgan fingerprint density at radius 3 is 2.73 bits per heavy atom. The van der Waals surface area contributed by atoms with Gasteiger partial charge in [0.25, 0.3) is 11.8 Å². The molecule has 1 saturated heterocycles. The molecule has 0 aliphatic carbocycles. The molecular formula is C19H23N3O3S. The second-order valence-electron chi connectivity index (χ2n) is 6.14. The van der Waals surface area contributed by atoms with Crippen molar-refractivity contribution in [1.82, 2.24) is 10.2 Å². The zero-order chi connectivity index (χ0) is 18.5. The summed E-state index contributed by atoms with van der Waals surface area (Å²) in [5, 5.41) is 2.62. The summed E-state index contributed by atoms with van der Waals surface area (Å²) in [7, 11) is 1.62. The molecule has 1 aliphatic heterocycles. The third-order valence-electron chi connectivity index (χ3n) is 4.39. The van der Waals surface area contributed by atoms with E-state index in [0.717, 1.165) is 16.9 Å². The van der Waals surface area contributed by atoms with Gasteiger partial charge >= 0.3 is 0 Å². The first-order chi connectivity index (χ1) is 12.6. The Balaban J connectivity index is 1.70. The monoisotopic (exact) mass is 373 g/mol. The van der Waals surface area contributed by atoms with Gasteiger partial charge in [-0.15, -0.1) is 11.3 Å². The largest absolute Gasteiger partial charge is 0.374 e. The van der Waals surface area contributed by atoms with Crippen LogP contribution < -0.4 is 11.1 Å². The molecule has 3 N–H and O–H groups in total. The van der Waals surface area contributed by atoms with Gasteiger partial charge < -0.3 is 20.7 Å². The van der Waals surface area contributed by atoms with Crippen LogP contribution in [0.1, 0.15) is 26.5 Å². The van der Waals surface area contributed by atoms with E-state index in [1.807, 2.05) is 41.3 Å². The average molecular weight is 373 g/mol. The first-order valence-corrected chi connectivity index (χ1v) is 9.47. The molecule has 0 spiro atoms. The number of nitrogens with one attached hydrogen (secondary N) is 1. The number of amides is 2. The summed E-state index contributed by atoms with van der Waals surface area (Å²) in [5.41, 5.74) is 7.23. The molecule has 1 aromatic carbocycles. The molecule has 138 valence electrons. The van der Waals surface area contributed by atoms with Gasteiger partial charge in [0.05, 0.1) is 17.6 Å². The second-order valence-corrected chi connectivity index (χ2v) is 7.23. The van der Waals surface area contributed by atoms with Crippen molar-refractivity contribution in [3.63, 3.8) is 0 Å². The van der Waals surface area contributed by atoms with Crippen LogP contribution in [-0.4, -0.2) is 56.1 Å². The number of nitrogens with two attached hydrogens (primary N) is 1. The number of carbonyl (C=O) groups is 2. The minimum absolute atomic E-state index is 0.0131. The Labute approximate surface area is 156 Å². The number of hydrogen-bond donors (Lipinski definition) is 2. The smallest absolute Gasteiger partial charge is 0.261 e. The maximum absolute atomic E-state index is 12.7. The van der Waals surface area contributed by atoms with Crippen LogP contribution in [0, 0.1) is 0 Å². The number of ether oxygens (including phenoxy) is 1. The predicted octanol–water partition coefficient (Wildman–Crippen LogP) is 1.96. The first-order valence-electron chi connectivity index (χ1n) is 8.65. The highest BCUT2D eigenvalue weighted by Gasteiger charge is 2.24. The lowest BCUT2D eigenvalue weighted by molar-refractivity contribution is -0.0236. The molecule has 3 rings (SSSR count). The molecule has 0 radical (unpaired) electrons. The van der Waals surface area contributed by atoms with Gasteiger partial charge in [0, 0.05) is 30.6 Å². The van der Waals surface area contributed by atoms with Crippen molar-refractivity contribution in [3.05, 3.63) is 46.8 Å². The van der Waals surface area contributed by atoms with Gasteiger partial charge in [0.2, 0.25) is 0 Å². The normalized spacial score (nSPS) is 17.2. The van der Waals surface area contributed by atoms with Crippen LogP contribution in [0.3, 0.4) is 0 Å². The van der Waals surface area contributed by atoms with Crippen LogP contribution >= 0.6 is 11.3 Å². The third-order valence-corrected chi connectivity index (χ3v) is 5.52. The van der Waals surface area contributed by atoms with E-state index in [4.69, 9.17) is 10.5 Å². The number of nitrogens with zero attached hydrogens (tertiary/aromatic N) is 1. The van der Waals surface area contributed by atoms with Crippen molar-refractivity contribution in [2.45, 2.75) is 12.5 Å². The molecule has 2 heterocycles. The Hall–Kier alpha value is -2.22. The van der Waals surface area contributed by atoms with Crippen LogP contribution in [0.2, 0.25) is 0 Å². The van der Waals surface area contributed by atoms with E-state index in [1.165, 1.54) is 11.3 Å². The van der Waals surface area contributed by atoms with Gasteiger partial charge in [-0.1, -0.05) is 12.1 Å². The lowest BCUT2D eigenvalue weighted by Crippen LogP contribution is -2.46. The molecule has 0 bridgehead atoms. The highest BCUT2D eigenvalue weighted by Crippen LogP contribution is 2.28. The van der Waals surface area contributed by atoms with Gasteiger partial charge in [-0.25, -0.2) is 0 Å². The van der Waals surface area contributed by atoms with E-state index in [2.05, 4.69) is 5.32 Å². The van der Waals surface area contributed by atoms with E-state index in [-0.39, 0.29) is 17.9 Å². The van der Waals surface area contributed by atoms with Gasteiger partial charge in [0.1, 0.15) is 0 Å². The highest BCUT2D eigenvalue weighted by molar-refractivity contribution is 7.17. The van der Waals surface area contributed by atoms with Gasteiger partial charge in [-0.05, 0) is 42.8 Å². The zero-order valence-electron chi connectivity index (χ0n) is 14.7. The number of benzene rings is 1. The first kappa shape index (κ1) is 18.6. The van der Waals surface area contributed by atoms with Gasteiger partial charge in [-0.2, -0.15) is 0 Å². The molecule has 26 heavy (non-hydrogen) atoms. The molecule has 0 saturated carbocycles. The fourth-order valence-corrected chi connectivity index (χ4v) is 3.92. The van der Waals surface area contributed by atoms with Crippen LogP contribution in [0.15, 0.2) is 36.4 Å². The average Bonchev–Trinajstić information content (AvgIpc) is 3.17. The van der Waals surface area contributed by atoms with Crippen molar-refractivity contribution in [2.75, 3.05) is 33.3 Å². The number of rotatable bonds is 5. The number of thiophene rings is 1. The summed E-state index contributed by atoms with van der Waals surface area (Å²) in [5.74, 6) is -0.0773. The van der Waals surface area contributed by atoms with Crippen molar-refractivity contribution in [1.29, 1.82) is 0 Å². The highest BCUT2D eigenvalue weighted by atomic mass is 32.1. The Morgan fingerprint density at radius 2 is 2.04 bits per heavy atom. The summed E-state index contributed by atoms with van der Waals surface area (Å²) < 4.78 is 5.64. The summed E-state index contributed by atoms with van der Waals surface area (Å²) in [6.07, 6.45) is 0.778. The second kappa shape index (κ2) is 8.44. The molecule has 1 unspecified atom stereocenters. The molecule has 2 amide bonds. The number of carbonyl (C=O) groups excluding carboxylic acids is 2. The van der Waals surface area contributed by atoms with E-state index in [9.17, 15) is 9.59 Å². The van der Waals surface area contributed by atoms with E-state index in [1.54, 1.807) is 7.05 Å². The minimum atomic E-state index is -0.0904. The maximum atomic E-state index is 12.7. The molecule has 6 nitrogen and oxygen atoms in total. The van der Waals surface area contributed by atoms with Crippen molar-refractivity contribution < 1.29 is 14.3 Å². The summed E-state index contributed by atoms with van der Waals surface area (Å²) in [6.45, 7) is 2.28. The third kappa shape index (κ3) is 4.12. The predicted molar refractivity (Wildman–Crippen MR) is 102 cm³/mol. The maximum Gasteiger partial charge on any atom is 0.261 e. The molecule has 1 aromatic heterocycles. The van der Waals surface area contributed by atoms with E-state index < -0.39 is 0 Å². The lowest BCUT2D eigenvalue weighted by atomic mass is 10.1. The SMILES string of the molecule is CNC(=O)c1ccc(-c2ccc(C(=O)N3CCOC(CCN)C3)cc2)s1. The standard InChI is InChI=1S/C19H23N3O3S/c1-21-18(23)17-7-6-16(26-17)13-2-4-14(5-3-13)19(24)22-10-11-25-15(12-22)8-9-20/h2-7,15H,8-12,20H2,1H3,(H,21,23). The van der Waals surface area contributed by atoms with E-state index >= 15 is 0 Å². The molecule has 2 aromatic rings. The number of hydrogen-bond acceptors (Lipinski definition) is 5. The topological polar surface area (TPSA) is 84.7 Å². The lowest BCUT2D eigenvalue weighted by Gasteiger charge is -2.33. The van der Waals surface area contributed by atoms with Crippen molar-refractivity contribution in [2.24, 2.45) is 5.73 Å². The van der Waals surface area contributed by atoms with Crippen LogP contribution in [0.25, 0.3) is 10.4 Å². The molecule has 1 atom stereocenters. The fraction of sp³-hybridized carbons (Fsp3) is 0.368. The quantitative estimate of drug-likeness (QED) is 0.839. The summed E-state index contributed by atoms with van der Waals surface area (Å²) in [6, 6.07) is 11.2. The van der Waals surface area contributed by atoms with Crippen molar-refractivity contribution in [3.8, 4) is 10.4 Å². The summed E-state index contributed by atoms with van der Waals surface area (Å²) in [4.78, 5) is 27.9. The van der Waals surface area contributed by atoms with Crippen molar-refractivity contribution >= 4 is 23.2 Å². The number of morpholine rings is 1. The van der Waals surface area contributed by atoms with Crippen LogP contribution in [-0.2, 0) is 4.74 Å².